The van der Waals surface area contributed by atoms with Crippen LogP contribution in [0.25, 0.3) is 43.0 Å². The molecule has 0 aliphatic heterocycles. The molecule has 0 amide bonds. The number of methoxy groups -OCH3 is 1. The number of hydrogen-bond acceptors (Lipinski definition) is 7. The van der Waals surface area contributed by atoms with E-state index in [9.17, 15) is 9.59 Å². The van der Waals surface area contributed by atoms with Gasteiger partial charge in [-0.1, -0.05) is 41.9 Å². The third-order valence-electron chi connectivity index (χ3n) is 6.60. The van der Waals surface area contributed by atoms with Crippen LogP contribution >= 0.6 is 22.9 Å². The number of esters is 1. The summed E-state index contributed by atoms with van der Waals surface area (Å²) in [6.45, 7) is 7.70. The molecule has 0 N–H and O–H groups in total. The summed E-state index contributed by atoms with van der Waals surface area (Å²) in [4.78, 5) is 33.9. The maximum absolute atomic E-state index is 13.2. The molecule has 210 valence electrons. The Bertz CT molecular complexity index is 1820. The van der Waals surface area contributed by atoms with Gasteiger partial charge in [0.05, 0.1) is 22.9 Å². The molecule has 1 atom stereocenters. The minimum atomic E-state index is -0.943. The Balaban J connectivity index is 1.74. The summed E-state index contributed by atoms with van der Waals surface area (Å²) in [5.41, 5.74) is 5.93. The first-order chi connectivity index (χ1) is 19.4. The Morgan fingerprint density at radius 2 is 1.73 bits per heavy atom. The average molecular weight is 588 g/mol. The molecule has 2 heterocycles. The zero-order chi connectivity index (χ0) is 29.5. The molecule has 0 spiro atoms. The number of ether oxygens (including phenoxy) is 2. The average Bonchev–Trinajstić information content (AvgIpc) is 3.36. The number of aromatic nitrogens is 3. The van der Waals surface area contributed by atoms with Gasteiger partial charge in [-0.15, -0.1) is 11.3 Å². The van der Waals surface area contributed by atoms with Gasteiger partial charge in [-0.2, -0.15) is 0 Å². The molecular weight excluding hydrogens is 558 g/mol. The Labute approximate surface area is 247 Å². The van der Waals surface area contributed by atoms with Crippen LogP contribution in [0.1, 0.15) is 38.0 Å². The van der Waals surface area contributed by atoms with Crippen LogP contribution < -0.4 is 5.69 Å². The van der Waals surface area contributed by atoms with Gasteiger partial charge in [0.2, 0.25) is 0 Å². The summed E-state index contributed by atoms with van der Waals surface area (Å²) in [7, 11) is 3.05. The zero-order valence-electron chi connectivity index (χ0n) is 23.7. The van der Waals surface area contributed by atoms with Crippen molar-refractivity contribution in [2.24, 2.45) is 7.05 Å². The zero-order valence-corrected chi connectivity index (χ0v) is 25.3. The smallest absolute Gasteiger partial charge is 0.347 e. The van der Waals surface area contributed by atoms with E-state index in [-0.39, 0.29) is 5.69 Å². The van der Waals surface area contributed by atoms with Crippen molar-refractivity contribution in [3.05, 3.63) is 93.6 Å². The number of carbonyl (C=O) groups is 1. The molecule has 2 aromatic heterocycles. The van der Waals surface area contributed by atoms with Crippen molar-refractivity contribution in [1.82, 2.24) is 14.5 Å². The lowest BCUT2D eigenvalue weighted by Gasteiger charge is -2.28. The van der Waals surface area contributed by atoms with Crippen molar-refractivity contribution >= 4 is 39.1 Å². The molecule has 5 rings (SSSR count). The van der Waals surface area contributed by atoms with Crippen LogP contribution in [0.15, 0.2) is 71.8 Å². The van der Waals surface area contributed by atoms with Crippen LogP contribution in [0, 0.1) is 6.92 Å². The minimum absolute atomic E-state index is 0.308. The second kappa shape index (κ2) is 11.2. The van der Waals surface area contributed by atoms with E-state index in [0.717, 1.165) is 54.2 Å². The summed E-state index contributed by atoms with van der Waals surface area (Å²) in [6.07, 6.45) is 2.40. The maximum Gasteiger partial charge on any atom is 0.347 e. The van der Waals surface area contributed by atoms with Crippen molar-refractivity contribution < 1.29 is 14.3 Å². The van der Waals surface area contributed by atoms with Crippen molar-refractivity contribution in [2.75, 3.05) is 7.11 Å². The highest BCUT2D eigenvalue weighted by molar-refractivity contribution is 7.22. The van der Waals surface area contributed by atoms with E-state index in [1.165, 1.54) is 11.7 Å². The standard InChI is InChI=1S/C32H30ClN3O4S/c1-18-14-24-28(41-29(35-24)21-9-7-8-20(15-21)22-16-34-31(38)36(5)17-22)26(19-10-12-23(33)13-11-19)25(18)27(30(37)39-6)40-32(2,3)4/h7-17,27H,1-6H3/t27-/m0/s1. The third-order valence-corrected chi connectivity index (χ3v) is 7.99. The molecule has 7 nitrogen and oxygen atoms in total. The van der Waals surface area contributed by atoms with Crippen LogP contribution in [0.4, 0.5) is 0 Å². The second-order valence-corrected chi connectivity index (χ2v) is 12.2. The summed E-state index contributed by atoms with van der Waals surface area (Å²) < 4.78 is 13.9. The van der Waals surface area contributed by atoms with E-state index >= 15 is 0 Å². The number of thiazole rings is 1. The first-order valence-corrected chi connectivity index (χ1v) is 14.2. The van der Waals surface area contributed by atoms with Crippen LogP contribution in [0.2, 0.25) is 5.02 Å². The number of nitrogens with zero attached hydrogens (tertiary/aromatic N) is 3. The molecule has 0 radical (unpaired) electrons. The number of rotatable bonds is 6. The predicted molar refractivity (Wildman–Crippen MR) is 164 cm³/mol. The highest BCUT2D eigenvalue weighted by Crippen LogP contribution is 2.44. The molecule has 0 unspecified atom stereocenters. The first kappa shape index (κ1) is 28.7. The fourth-order valence-corrected chi connectivity index (χ4v) is 6.00. The molecule has 41 heavy (non-hydrogen) atoms. The predicted octanol–water partition coefficient (Wildman–Crippen LogP) is 7.38. The van der Waals surface area contributed by atoms with Gasteiger partial charge < -0.3 is 14.0 Å². The molecule has 9 heteroatoms. The van der Waals surface area contributed by atoms with Gasteiger partial charge in [0.15, 0.2) is 6.10 Å². The van der Waals surface area contributed by atoms with E-state index in [2.05, 4.69) is 4.98 Å². The lowest BCUT2D eigenvalue weighted by atomic mass is 9.91. The number of hydrogen-bond donors (Lipinski definition) is 0. The molecule has 0 saturated heterocycles. The quantitative estimate of drug-likeness (QED) is 0.193. The Kier molecular flexibility index (Phi) is 7.83. The molecule has 0 aliphatic carbocycles. The SMILES string of the molecule is COC(=O)[C@@H](OC(C)(C)C)c1c(C)cc2nc(-c3cccc(-c4cnc(=O)n(C)c4)c3)sc2c1-c1ccc(Cl)cc1. The van der Waals surface area contributed by atoms with E-state index < -0.39 is 17.7 Å². The van der Waals surface area contributed by atoms with Crippen LogP contribution in [0.5, 0.6) is 0 Å². The van der Waals surface area contributed by atoms with Crippen molar-refractivity contribution in [3.8, 4) is 32.8 Å². The van der Waals surface area contributed by atoms with Gasteiger partial charge in [-0.05, 0) is 68.7 Å². The van der Waals surface area contributed by atoms with Gasteiger partial charge in [0, 0.05) is 46.7 Å². The van der Waals surface area contributed by atoms with Crippen LogP contribution in [-0.2, 0) is 21.3 Å². The highest BCUT2D eigenvalue weighted by Gasteiger charge is 2.33. The highest BCUT2D eigenvalue weighted by atomic mass is 35.5. The van der Waals surface area contributed by atoms with E-state index in [4.69, 9.17) is 26.1 Å². The Morgan fingerprint density at radius 3 is 2.39 bits per heavy atom. The van der Waals surface area contributed by atoms with Crippen LogP contribution in [0.3, 0.4) is 0 Å². The van der Waals surface area contributed by atoms with Gasteiger partial charge >= 0.3 is 11.7 Å². The van der Waals surface area contributed by atoms with E-state index in [0.29, 0.717) is 5.02 Å². The van der Waals surface area contributed by atoms with E-state index in [1.54, 1.807) is 30.8 Å². The van der Waals surface area contributed by atoms with Crippen LogP contribution in [-0.4, -0.2) is 33.2 Å². The summed E-state index contributed by atoms with van der Waals surface area (Å²) in [6, 6.07) is 17.5. The largest absolute Gasteiger partial charge is 0.467 e. The molecule has 0 aliphatic rings. The molecule has 0 saturated carbocycles. The lowest BCUT2D eigenvalue weighted by Crippen LogP contribution is -2.29. The van der Waals surface area contributed by atoms with Gasteiger partial charge in [-0.25, -0.2) is 19.6 Å². The summed E-state index contributed by atoms with van der Waals surface area (Å²) in [5, 5.41) is 1.43. The molecule has 0 fully saturated rings. The number of halogens is 1. The van der Waals surface area contributed by atoms with Gasteiger partial charge in [-0.3, -0.25) is 0 Å². The topological polar surface area (TPSA) is 83.3 Å². The molecule has 0 bridgehead atoms. The normalized spacial score (nSPS) is 12.5. The monoisotopic (exact) mass is 587 g/mol. The first-order valence-electron chi connectivity index (χ1n) is 13.0. The maximum atomic E-state index is 13.2. The Morgan fingerprint density at radius 1 is 1.02 bits per heavy atom. The number of benzene rings is 3. The van der Waals surface area contributed by atoms with Crippen molar-refractivity contribution in [1.29, 1.82) is 0 Å². The van der Waals surface area contributed by atoms with Gasteiger partial charge in [0.1, 0.15) is 5.01 Å². The second-order valence-electron chi connectivity index (χ2n) is 10.8. The summed E-state index contributed by atoms with van der Waals surface area (Å²) >= 11 is 7.79. The fourth-order valence-electron chi connectivity index (χ4n) is 4.76. The number of aryl methyl sites for hydroxylation is 2. The third kappa shape index (κ3) is 5.95. The van der Waals surface area contributed by atoms with Gasteiger partial charge in [0.25, 0.3) is 0 Å². The summed E-state index contributed by atoms with van der Waals surface area (Å²) in [5.74, 6) is -0.471. The number of fused-ring (bicyclic) bond motifs is 1. The fraction of sp³-hybridized carbons (Fsp3) is 0.250. The van der Waals surface area contributed by atoms with Crippen molar-refractivity contribution in [2.45, 2.75) is 39.4 Å². The number of carbonyl (C=O) groups excluding carboxylic acids is 1. The Hall–Kier alpha value is -3.85. The lowest BCUT2D eigenvalue weighted by molar-refractivity contribution is -0.164. The van der Waals surface area contributed by atoms with E-state index in [1.807, 2.05) is 82.3 Å². The molecule has 5 aromatic rings. The molecular formula is C32H30ClN3O4S. The van der Waals surface area contributed by atoms with Crippen molar-refractivity contribution in [3.63, 3.8) is 0 Å². The molecule has 3 aromatic carbocycles. The minimum Gasteiger partial charge on any atom is -0.467 e.